The Hall–Kier alpha value is -2.95. The largest absolute Gasteiger partial charge is 0.335 e. The summed E-state index contributed by atoms with van der Waals surface area (Å²) < 4.78 is 15.4. The van der Waals surface area contributed by atoms with Crippen LogP contribution in [0.1, 0.15) is 67.0 Å². The van der Waals surface area contributed by atoms with Gasteiger partial charge in [0.25, 0.3) is 0 Å². The van der Waals surface area contributed by atoms with E-state index >= 15 is 0 Å². The van der Waals surface area contributed by atoms with Crippen molar-refractivity contribution in [1.82, 2.24) is 14.5 Å². The summed E-state index contributed by atoms with van der Waals surface area (Å²) in [6.07, 6.45) is 7.73. The molecule has 1 amide bonds. The van der Waals surface area contributed by atoms with E-state index in [4.69, 9.17) is 0 Å². The standard InChI is InChI=1S/C27H30FN3O/c1-18-13-22(7-10-25(18)30-16-19(2)29-17-30)23-14-27(15-23)11-4-12-31(26(27)32)20(3)21-5-8-24(28)9-6-21/h5-10,13,16-17,20,23H,4,11-12,14-15H2,1-3H3. The van der Waals surface area contributed by atoms with E-state index in [9.17, 15) is 9.18 Å². The van der Waals surface area contributed by atoms with Crippen molar-refractivity contribution in [2.45, 2.75) is 58.4 Å². The third kappa shape index (κ3) is 3.54. The monoisotopic (exact) mass is 431 g/mol. The second-order valence-corrected chi connectivity index (χ2v) is 9.68. The number of amides is 1. The molecule has 166 valence electrons. The normalized spacial score (nSPS) is 23.9. The molecular formula is C27H30FN3O. The highest BCUT2D eigenvalue weighted by molar-refractivity contribution is 5.85. The lowest BCUT2D eigenvalue weighted by atomic mass is 9.56. The Balaban J connectivity index is 1.30. The van der Waals surface area contributed by atoms with Crippen molar-refractivity contribution in [2.75, 3.05) is 6.54 Å². The summed E-state index contributed by atoms with van der Waals surface area (Å²) in [7, 11) is 0. The first-order valence-electron chi connectivity index (χ1n) is 11.5. The van der Waals surface area contributed by atoms with E-state index in [0.29, 0.717) is 5.92 Å². The van der Waals surface area contributed by atoms with Crippen LogP contribution in [0.5, 0.6) is 0 Å². The van der Waals surface area contributed by atoms with Crippen LogP contribution in [-0.2, 0) is 4.79 Å². The number of aromatic nitrogens is 2. The van der Waals surface area contributed by atoms with Gasteiger partial charge in [-0.05, 0) is 87.3 Å². The molecule has 2 aliphatic rings. The number of benzene rings is 2. The van der Waals surface area contributed by atoms with Crippen LogP contribution >= 0.6 is 0 Å². The van der Waals surface area contributed by atoms with Crippen LogP contribution < -0.4 is 0 Å². The van der Waals surface area contributed by atoms with Gasteiger partial charge in [0.1, 0.15) is 5.82 Å². The summed E-state index contributed by atoms with van der Waals surface area (Å²) in [4.78, 5) is 19.9. The van der Waals surface area contributed by atoms with E-state index in [0.717, 1.165) is 49.2 Å². The Kier molecular flexibility index (Phi) is 5.15. The molecule has 1 aliphatic heterocycles. The van der Waals surface area contributed by atoms with Crippen molar-refractivity contribution in [3.63, 3.8) is 0 Å². The van der Waals surface area contributed by atoms with Crippen LogP contribution in [0.4, 0.5) is 4.39 Å². The van der Waals surface area contributed by atoms with Gasteiger partial charge in [-0.2, -0.15) is 0 Å². The zero-order chi connectivity index (χ0) is 22.5. The topological polar surface area (TPSA) is 38.1 Å². The number of rotatable bonds is 4. The summed E-state index contributed by atoms with van der Waals surface area (Å²) in [5, 5.41) is 0. The van der Waals surface area contributed by atoms with Gasteiger partial charge in [-0.1, -0.05) is 24.3 Å². The first-order chi connectivity index (χ1) is 15.4. The summed E-state index contributed by atoms with van der Waals surface area (Å²) in [6, 6.07) is 13.2. The Morgan fingerprint density at radius 1 is 1.12 bits per heavy atom. The molecule has 3 aromatic rings. The van der Waals surface area contributed by atoms with Crippen LogP contribution in [0.2, 0.25) is 0 Å². The summed E-state index contributed by atoms with van der Waals surface area (Å²) in [5.74, 6) is 0.463. The molecule has 2 fully saturated rings. The van der Waals surface area contributed by atoms with Crippen molar-refractivity contribution in [3.8, 4) is 5.69 Å². The number of likely N-dealkylation sites (tertiary alicyclic amines) is 1. The van der Waals surface area contributed by atoms with Crippen molar-refractivity contribution >= 4 is 5.91 Å². The van der Waals surface area contributed by atoms with Crippen molar-refractivity contribution in [2.24, 2.45) is 5.41 Å². The highest BCUT2D eigenvalue weighted by atomic mass is 19.1. The van der Waals surface area contributed by atoms with Crippen molar-refractivity contribution in [3.05, 3.63) is 83.2 Å². The molecule has 2 heterocycles. The van der Waals surface area contributed by atoms with Crippen LogP contribution in [0.3, 0.4) is 0 Å². The second-order valence-electron chi connectivity index (χ2n) is 9.68. The average Bonchev–Trinajstić information content (AvgIpc) is 3.18. The maximum Gasteiger partial charge on any atom is 0.229 e. The van der Waals surface area contributed by atoms with Crippen LogP contribution in [0, 0.1) is 25.1 Å². The Morgan fingerprint density at radius 3 is 2.53 bits per heavy atom. The predicted octanol–water partition coefficient (Wildman–Crippen LogP) is 5.88. The molecule has 0 radical (unpaired) electrons. The summed E-state index contributed by atoms with van der Waals surface area (Å²) >= 11 is 0. The van der Waals surface area contributed by atoms with Gasteiger partial charge in [0.2, 0.25) is 5.91 Å². The molecule has 0 N–H and O–H groups in total. The van der Waals surface area contributed by atoms with Crippen LogP contribution in [0.15, 0.2) is 55.0 Å². The first kappa shape index (κ1) is 20.9. The van der Waals surface area contributed by atoms with Crippen molar-refractivity contribution in [1.29, 1.82) is 0 Å². The SMILES string of the molecule is Cc1cn(-c2ccc(C3CC4(CCCN(C(C)c5ccc(F)cc5)C4=O)C3)cc2C)cn1. The molecule has 32 heavy (non-hydrogen) atoms. The number of halogens is 1. The fourth-order valence-corrected chi connectivity index (χ4v) is 5.66. The van der Waals surface area contributed by atoms with Gasteiger partial charge in [0.15, 0.2) is 0 Å². The highest BCUT2D eigenvalue weighted by Gasteiger charge is 2.53. The minimum Gasteiger partial charge on any atom is -0.335 e. The summed E-state index contributed by atoms with van der Waals surface area (Å²) in [6.45, 7) is 6.97. The van der Waals surface area contributed by atoms with E-state index in [2.05, 4.69) is 41.6 Å². The number of carbonyl (C=O) groups excluding carboxylic acids is 1. The molecule has 1 aromatic heterocycles. The molecule has 2 aromatic carbocycles. The Bertz CT molecular complexity index is 1140. The lowest BCUT2D eigenvalue weighted by Crippen LogP contribution is -2.54. The number of nitrogens with zero attached hydrogens (tertiary/aromatic N) is 3. The Morgan fingerprint density at radius 2 is 1.88 bits per heavy atom. The molecule has 1 aliphatic carbocycles. The minimum atomic E-state index is -0.242. The van der Waals surface area contributed by atoms with E-state index < -0.39 is 0 Å². The van der Waals surface area contributed by atoms with Gasteiger partial charge in [0.05, 0.1) is 23.5 Å². The third-order valence-corrected chi connectivity index (χ3v) is 7.55. The highest BCUT2D eigenvalue weighted by Crippen LogP contribution is 2.57. The maximum absolute atomic E-state index is 13.5. The fourth-order valence-electron chi connectivity index (χ4n) is 5.66. The lowest BCUT2D eigenvalue weighted by Gasteiger charge is -2.53. The smallest absolute Gasteiger partial charge is 0.229 e. The van der Waals surface area contributed by atoms with Crippen LogP contribution in [-0.4, -0.2) is 26.9 Å². The molecule has 5 heteroatoms. The first-order valence-corrected chi connectivity index (χ1v) is 11.5. The Labute approximate surface area is 189 Å². The van der Waals surface area contributed by atoms with Crippen molar-refractivity contribution < 1.29 is 9.18 Å². The fraction of sp³-hybridized carbons (Fsp3) is 0.407. The molecular weight excluding hydrogens is 401 g/mol. The zero-order valence-electron chi connectivity index (χ0n) is 19.0. The number of piperidine rings is 1. The molecule has 0 bridgehead atoms. The summed E-state index contributed by atoms with van der Waals surface area (Å²) in [5.41, 5.74) is 5.47. The number of hydrogen-bond acceptors (Lipinski definition) is 2. The van der Waals surface area contributed by atoms with Crippen LogP contribution in [0.25, 0.3) is 5.69 Å². The number of hydrogen-bond donors (Lipinski definition) is 0. The number of carbonyl (C=O) groups is 1. The third-order valence-electron chi connectivity index (χ3n) is 7.55. The lowest BCUT2D eigenvalue weighted by molar-refractivity contribution is -0.156. The maximum atomic E-state index is 13.5. The average molecular weight is 432 g/mol. The minimum absolute atomic E-state index is 0.0283. The molecule has 1 saturated carbocycles. The number of imidazole rings is 1. The predicted molar refractivity (Wildman–Crippen MR) is 123 cm³/mol. The van der Waals surface area contributed by atoms with Gasteiger partial charge < -0.3 is 9.47 Å². The van der Waals surface area contributed by atoms with E-state index in [1.807, 2.05) is 24.3 Å². The zero-order valence-corrected chi connectivity index (χ0v) is 19.0. The number of aryl methyl sites for hydroxylation is 2. The molecule has 1 atom stereocenters. The van der Waals surface area contributed by atoms with Gasteiger partial charge >= 0.3 is 0 Å². The molecule has 1 spiro atoms. The van der Waals surface area contributed by atoms with Gasteiger partial charge in [-0.15, -0.1) is 0 Å². The molecule has 5 rings (SSSR count). The molecule has 4 nitrogen and oxygen atoms in total. The van der Waals surface area contributed by atoms with E-state index in [-0.39, 0.29) is 23.2 Å². The molecule has 1 saturated heterocycles. The molecule has 1 unspecified atom stereocenters. The second kappa shape index (κ2) is 7.88. The van der Waals surface area contributed by atoms with E-state index in [1.165, 1.54) is 23.3 Å². The van der Waals surface area contributed by atoms with Gasteiger partial charge in [0, 0.05) is 18.4 Å². The van der Waals surface area contributed by atoms with Gasteiger partial charge in [-0.25, -0.2) is 9.37 Å². The quantitative estimate of drug-likeness (QED) is 0.518. The van der Waals surface area contributed by atoms with E-state index in [1.54, 1.807) is 12.1 Å². The van der Waals surface area contributed by atoms with Gasteiger partial charge in [-0.3, -0.25) is 4.79 Å².